The number of allylic oxidation sites excluding steroid dienone is 2. The molecule has 1 atom stereocenters. The molecule has 6 heteroatoms. The highest BCUT2D eigenvalue weighted by atomic mass is 14.7. The van der Waals surface area contributed by atoms with E-state index in [-0.39, 0.29) is 0 Å². The van der Waals surface area contributed by atoms with Gasteiger partial charge < -0.3 is 9.97 Å². The smallest absolute Gasteiger partial charge is 0.117 e. The zero-order chi connectivity index (χ0) is 26.0. The lowest BCUT2D eigenvalue weighted by Crippen LogP contribution is -2.30. The first kappa shape index (κ1) is 23.0. The molecular formula is C32H22N6. The van der Waals surface area contributed by atoms with Crippen LogP contribution in [0.3, 0.4) is 0 Å². The summed E-state index contributed by atoms with van der Waals surface area (Å²) in [5, 5.41) is 23.8. The van der Waals surface area contributed by atoms with Gasteiger partial charge in [0.25, 0.3) is 0 Å². The van der Waals surface area contributed by atoms with Crippen molar-refractivity contribution in [3.8, 4) is 12.1 Å². The SMILES string of the molecule is N#C/C(=C(\c1ccccn1)C(C#N)(Cc1cccnc1)c1c[nH]c2ccccc12)c1c[nH]c2ccccc12. The van der Waals surface area contributed by atoms with Crippen LogP contribution in [-0.2, 0) is 11.8 Å². The van der Waals surface area contributed by atoms with Crippen molar-refractivity contribution < 1.29 is 0 Å². The van der Waals surface area contributed by atoms with Gasteiger partial charge in [0.2, 0.25) is 0 Å². The number of rotatable bonds is 6. The van der Waals surface area contributed by atoms with Gasteiger partial charge in [-0.25, -0.2) is 0 Å². The third-order valence-corrected chi connectivity index (χ3v) is 7.00. The van der Waals surface area contributed by atoms with Gasteiger partial charge in [0.1, 0.15) is 11.5 Å². The molecule has 6 aromatic rings. The Morgan fingerprint density at radius 2 is 1.53 bits per heavy atom. The van der Waals surface area contributed by atoms with Gasteiger partial charge >= 0.3 is 0 Å². The van der Waals surface area contributed by atoms with E-state index in [1.807, 2.05) is 91.3 Å². The van der Waals surface area contributed by atoms with Gasteiger partial charge in [-0.15, -0.1) is 0 Å². The van der Waals surface area contributed by atoms with E-state index in [0.717, 1.165) is 38.5 Å². The second-order valence-electron chi connectivity index (χ2n) is 9.13. The highest BCUT2D eigenvalue weighted by Gasteiger charge is 2.43. The Morgan fingerprint density at radius 1 is 0.789 bits per heavy atom. The van der Waals surface area contributed by atoms with Crippen molar-refractivity contribution in [3.05, 3.63) is 132 Å². The number of para-hydroxylation sites is 2. The number of nitrogens with one attached hydrogen (secondary N) is 2. The van der Waals surface area contributed by atoms with E-state index in [1.165, 1.54) is 0 Å². The maximum absolute atomic E-state index is 11.2. The van der Waals surface area contributed by atoms with Crippen molar-refractivity contribution in [1.29, 1.82) is 10.5 Å². The maximum Gasteiger partial charge on any atom is 0.117 e. The zero-order valence-corrected chi connectivity index (χ0v) is 20.4. The first-order valence-corrected chi connectivity index (χ1v) is 12.2. The monoisotopic (exact) mass is 490 g/mol. The van der Waals surface area contributed by atoms with Crippen LogP contribution in [0, 0.1) is 22.7 Å². The third-order valence-electron chi connectivity index (χ3n) is 7.00. The number of pyridine rings is 2. The molecule has 180 valence electrons. The summed E-state index contributed by atoms with van der Waals surface area (Å²) in [6, 6.07) is 30.3. The van der Waals surface area contributed by atoms with Crippen LogP contribution < -0.4 is 0 Å². The largest absolute Gasteiger partial charge is 0.361 e. The molecule has 0 amide bonds. The van der Waals surface area contributed by atoms with Crippen LogP contribution in [0.15, 0.2) is 110 Å². The van der Waals surface area contributed by atoms with Crippen LogP contribution in [0.5, 0.6) is 0 Å². The highest BCUT2D eigenvalue weighted by molar-refractivity contribution is 6.08. The van der Waals surface area contributed by atoms with Crippen LogP contribution >= 0.6 is 0 Å². The Bertz CT molecular complexity index is 1870. The third kappa shape index (κ3) is 3.73. The lowest BCUT2D eigenvalue weighted by atomic mass is 9.68. The van der Waals surface area contributed by atoms with Gasteiger partial charge in [0, 0.05) is 75.9 Å². The summed E-state index contributed by atoms with van der Waals surface area (Å²) in [5.74, 6) is 0. The van der Waals surface area contributed by atoms with Crippen molar-refractivity contribution >= 4 is 33.0 Å². The Hall–Kier alpha value is -5.46. The second kappa shape index (κ2) is 9.54. The standard InChI is InChI=1S/C32H22N6/c33-17-25(26-19-37-28-11-3-1-9-23(26)28)31(30-13-5-6-15-36-30)32(21-34,16-22-8-7-14-35-18-22)27-20-38-29-12-4-2-10-24(27)29/h1-15,18-20,37-38H,16H2/b31-25-. The number of aromatic amines is 2. The molecule has 0 aliphatic carbocycles. The topological polar surface area (TPSA) is 105 Å². The lowest BCUT2D eigenvalue weighted by molar-refractivity contribution is 0.701. The van der Waals surface area contributed by atoms with E-state index in [4.69, 9.17) is 0 Å². The molecule has 0 radical (unpaired) electrons. The van der Waals surface area contributed by atoms with E-state index in [0.29, 0.717) is 23.3 Å². The second-order valence-corrected chi connectivity index (χ2v) is 9.13. The summed E-state index contributed by atoms with van der Waals surface area (Å²) in [6.07, 6.45) is 9.21. The molecule has 2 N–H and O–H groups in total. The van der Waals surface area contributed by atoms with Gasteiger partial charge in [0.15, 0.2) is 0 Å². The minimum Gasteiger partial charge on any atom is -0.361 e. The molecule has 4 heterocycles. The molecule has 0 saturated heterocycles. The molecule has 6 rings (SSSR count). The van der Waals surface area contributed by atoms with Crippen molar-refractivity contribution in [2.75, 3.05) is 0 Å². The van der Waals surface area contributed by atoms with Crippen molar-refractivity contribution in [3.63, 3.8) is 0 Å². The predicted octanol–water partition coefficient (Wildman–Crippen LogP) is 6.58. The quantitative estimate of drug-likeness (QED) is 0.257. The van der Waals surface area contributed by atoms with Gasteiger partial charge in [-0.2, -0.15) is 10.5 Å². The number of fused-ring (bicyclic) bond motifs is 2. The van der Waals surface area contributed by atoms with Crippen LogP contribution in [0.2, 0.25) is 0 Å². The molecule has 0 fully saturated rings. The molecule has 0 spiro atoms. The average Bonchev–Trinajstić information content (AvgIpc) is 3.61. The molecule has 4 aromatic heterocycles. The number of aromatic nitrogens is 4. The van der Waals surface area contributed by atoms with Crippen molar-refractivity contribution in [1.82, 2.24) is 19.9 Å². The number of H-pyrrole nitrogens is 2. The van der Waals surface area contributed by atoms with Gasteiger partial charge in [-0.05, 0) is 35.9 Å². The maximum atomic E-state index is 11.2. The lowest BCUT2D eigenvalue weighted by Gasteiger charge is -2.31. The Morgan fingerprint density at radius 3 is 2.24 bits per heavy atom. The fraction of sp³-hybridized carbons (Fsp3) is 0.0625. The summed E-state index contributed by atoms with van der Waals surface area (Å²) in [6.45, 7) is 0. The van der Waals surface area contributed by atoms with Crippen LogP contribution in [0.1, 0.15) is 22.4 Å². The van der Waals surface area contributed by atoms with Crippen molar-refractivity contribution in [2.24, 2.45) is 0 Å². The molecule has 0 saturated carbocycles. The summed E-state index contributed by atoms with van der Waals surface area (Å²) in [4.78, 5) is 15.6. The zero-order valence-electron chi connectivity index (χ0n) is 20.4. The van der Waals surface area contributed by atoms with E-state index in [9.17, 15) is 10.5 Å². The van der Waals surface area contributed by atoms with Gasteiger partial charge in [0.05, 0.1) is 17.3 Å². The Labute approximate surface area is 219 Å². The summed E-state index contributed by atoms with van der Waals surface area (Å²) in [5.41, 5.74) is 4.49. The number of hydrogen-bond donors (Lipinski definition) is 2. The fourth-order valence-corrected chi connectivity index (χ4v) is 5.31. The number of hydrogen-bond acceptors (Lipinski definition) is 4. The summed E-state index contributed by atoms with van der Waals surface area (Å²) >= 11 is 0. The highest BCUT2D eigenvalue weighted by Crippen LogP contribution is 2.47. The molecule has 0 bridgehead atoms. The van der Waals surface area contributed by atoms with Crippen molar-refractivity contribution in [2.45, 2.75) is 11.8 Å². The number of nitrogens with zero attached hydrogens (tertiary/aromatic N) is 4. The first-order chi connectivity index (χ1) is 18.7. The van der Waals surface area contributed by atoms with E-state index >= 15 is 0 Å². The summed E-state index contributed by atoms with van der Waals surface area (Å²) < 4.78 is 0. The summed E-state index contributed by atoms with van der Waals surface area (Å²) in [7, 11) is 0. The molecule has 6 nitrogen and oxygen atoms in total. The minimum absolute atomic E-state index is 0.304. The molecule has 0 aliphatic rings. The predicted molar refractivity (Wildman–Crippen MR) is 148 cm³/mol. The molecule has 38 heavy (non-hydrogen) atoms. The molecule has 0 aliphatic heterocycles. The molecule has 1 unspecified atom stereocenters. The van der Waals surface area contributed by atoms with E-state index < -0.39 is 5.41 Å². The van der Waals surface area contributed by atoms with Crippen LogP contribution in [-0.4, -0.2) is 19.9 Å². The van der Waals surface area contributed by atoms with E-state index in [2.05, 4.69) is 32.1 Å². The number of nitriles is 2. The minimum atomic E-state index is -1.26. The fourth-order valence-electron chi connectivity index (χ4n) is 5.31. The van der Waals surface area contributed by atoms with Crippen LogP contribution in [0.4, 0.5) is 0 Å². The molecule has 2 aromatic carbocycles. The number of benzene rings is 2. The Kier molecular flexibility index (Phi) is 5.76. The Balaban J connectivity index is 1.76. The molecular weight excluding hydrogens is 468 g/mol. The normalized spacial score (nSPS) is 13.4. The van der Waals surface area contributed by atoms with Crippen LogP contribution in [0.25, 0.3) is 33.0 Å². The van der Waals surface area contributed by atoms with Gasteiger partial charge in [-0.1, -0.05) is 48.5 Å². The van der Waals surface area contributed by atoms with E-state index in [1.54, 1.807) is 18.6 Å². The average molecular weight is 491 g/mol. The van der Waals surface area contributed by atoms with Gasteiger partial charge in [-0.3, -0.25) is 9.97 Å². The first-order valence-electron chi connectivity index (χ1n) is 12.2.